The van der Waals surface area contributed by atoms with E-state index in [9.17, 15) is 9.90 Å². The quantitative estimate of drug-likeness (QED) is 0.624. The van der Waals surface area contributed by atoms with Crippen LogP contribution in [-0.2, 0) is 4.79 Å². The molecule has 110 valence electrons. The van der Waals surface area contributed by atoms with Crippen molar-refractivity contribution >= 4 is 5.97 Å². The second-order valence-electron chi connectivity index (χ2n) is 8.93. The summed E-state index contributed by atoms with van der Waals surface area (Å²) in [6.45, 7) is 6.20. The molecule has 2 heteroatoms. The molecule has 0 saturated heterocycles. The first-order valence-electron chi connectivity index (χ1n) is 8.23. The van der Waals surface area contributed by atoms with Crippen LogP contribution < -0.4 is 0 Å². The largest absolute Gasteiger partial charge is 0.481 e. The van der Waals surface area contributed by atoms with E-state index in [1.54, 1.807) is 0 Å². The smallest absolute Gasteiger partial charge is 0.309 e. The third kappa shape index (κ3) is 1.48. The molecular weight excluding hydrogens is 248 g/mol. The minimum Gasteiger partial charge on any atom is -0.481 e. The zero-order valence-corrected chi connectivity index (χ0v) is 12.8. The van der Waals surface area contributed by atoms with Crippen LogP contribution in [0.1, 0.15) is 46.5 Å². The van der Waals surface area contributed by atoms with Crippen LogP contribution >= 0.6 is 0 Å². The van der Waals surface area contributed by atoms with Gasteiger partial charge >= 0.3 is 5.97 Å². The molecule has 0 aromatic rings. The van der Waals surface area contributed by atoms with Crippen LogP contribution in [0, 0.1) is 46.3 Å². The molecule has 0 radical (unpaired) electrons. The molecule has 0 amide bonds. The number of rotatable bonds is 3. The van der Waals surface area contributed by atoms with E-state index in [0.29, 0.717) is 0 Å². The topological polar surface area (TPSA) is 37.3 Å². The molecule has 0 aromatic heterocycles. The SMILES string of the molecule is CC(C)(CC1(C)CC2CC1C1C3C=CC(C3)C21)C(=O)O. The fourth-order valence-corrected chi connectivity index (χ4v) is 6.78. The average Bonchev–Trinajstić information content (AvgIpc) is 3.02. The number of carboxylic acids is 1. The molecule has 4 bridgehead atoms. The van der Waals surface area contributed by atoms with E-state index in [1.807, 2.05) is 13.8 Å². The zero-order valence-electron chi connectivity index (χ0n) is 12.8. The number of fused-ring (bicyclic) bond motifs is 9. The number of hydrogen-bond donors (Lipinski definition) is 1. The first-order valence-corrected chi connectivity index (χ1v) is 8.23. The fraction of sp³-hybridized carbons (Fsp3) is 0.833. The van der Waals surface area contributed by atoms with Crippen LogP contribution in [-0.4, -0.2) is 11.1 Å². The Labute approximate surface area is 121 Å². The maximum Gasteiger partial charge on any atom is 0.309 e. The van der Waals surface area contributed by atoms with Crippen LogP contribution in [0.2, 0.25) is 0 Å². The monoisotopic (exact) mass is 274 g/mol. The van der Waals surface area contributed by atoms with Gasteiger partial charge in [0.25, 0.3) is 0 Å². The molecule has 4 rings (SSSR count). The van der Waals surface area contributed by atoms with Crippen LogP contribution in [0.3, 0.4) is 0 Å². The molecule has 3 fully saturated rings. The predicted molar refractivity (Wildman–Crippen MR) is 78.1 cm³/mol. The summed E-state index contributed by atoms with van der Waals surface area (Å²) < 4.78 is 0. The van der Waals surface area contributed by atoms with Gasteiger partial charge in [0.15, 0.2) is 0 Å². The second kappa shape index (κ2) is 3.69. The van der Waals surface area contributed by atoms with Gasteiger partial charge in [0.05, 0.1) is 5.41 Å². The molecular formula is C18H26O2. The standard InChI is InChI=1S/C18H26O2/c1-17(2,16(19)20)9-18(3)8-12-7-13(18)15-11-5-4-10(6-11)14(12)15/h4-5,10-15H,6-9H2,1-3H3,(H,19,20). The summed E-state index contributed by atoms with van der Waals surface area (Å²) in [7, 11) is 0. The number of allylic oxidation sites excluding steroid dienone is 2. The minimum atomic E-state index is -0.633. The van der Waals surface area contributed by atoms with Crippen molar-refractivity contribution in [3.05, 3.63) is 12.2 Å². The van der Waals surface area contributed by atoms with Crippen molar-refractivity contribution in [2.24, 2.45) is 46.3 Å². The number of carbonyl (C=O) groups is 1. The summed E-state index contributed by atoms with van der Waals surface area (Å²) in [5.74, 6) is 4.50. The van der Waals surface area contributed by atoms with E-state index < -0.39 is 11.4 Å². The maximum absolute atomic E-state index is 11.5. The van der Waals surface area contributed by atoms with Crippen LogP contribution in [0.5, 0.6) is 0 Å². The van der Waals surface area contributed by atoms with E-state index in [-0.39, 0.29) is 5.41 Å². The third-order valence-electron chi connectivity index (χ3n) is 7.20. The summed E-state index contributed by atoms with van der Waals surface area (Å²) in [5.41, 5.74) is -0.325. The van der Waals surface area contributed by atoms with Crippen molar-refractivity contribution in [2.45, 2.75) is 46.5 Å². The van der Waals surface area contributed by atoms with Crippen molar-refractivity contribution in [1.29, 1.82) is 0 Å². The summed E-state index contributed by atoms with van der Waals surface area (Å²) in [4.78, 5) is 11.5. The third-order valence-corrected chi connectivity index (χ3v) is 7.20. The Balaban J connectivity index is 1.61. The highest BCUT2D eigenvalue weighted by Gasteiger charge is 2.65. The average molecular weight is 274 g/mol. The van der Waals surface area contributed by atoms with Gasteiger partial charge in [0, 0.05) is 0 Å². The Morgan fingerprint density at radius 3 is 2.55 bits per heavy atom. The summed E-state index contributed by atoms with van der Waals surface area (Å²) in [6.07, 6.45) is 9.82. The van der Waals surface area contributed by atoms with Gasteiger partial charge in [-0.2, -0.15) is 0 Å². The Morgan fingerprint density at radius 2 is 1.90 bits per heavy atom. The highest BCUT2D eigenvalue weighted by Crippen LogP contribution is 2.71. The lowest BCUT2D eigenvalue weighted by atomic mass is 9.58. The lowest BCUT2D eigenvalue weighted by Crippen LogP contribution is -2.41. The Kier molecular flexibility index (Phi) is 2.39. The lowest BCUT2D eigenvalue weighted by molar-refractivity contribution is -0.149. The zero-order chi connectivity index (χ0) is 14.3. The van der Waals surface area contributed by atoms with E-state index >= 15 is 0 Å². The molecule has 0 heterocycles. The van der Waals surface area contributed by atoms with E-state index in [4.69, 9.17) is 0 Å². The van der Waals surface area contributed by atoms with Crippen molar-refractivity contribution < 1.29 is 9.90 Å². The Bertz CT molecular complexity index is 492. The van der Waals surface area contributed by atoms with Crippen molar-refractivity contribution in [1.82, 2.24) is 0 Å². The highest BCUT2D eigenvalue weighted by atomic mass is 16.4. The van der Waals surface area contributed by atoms with Gasteiger partial charge in [-0.1, -0.05) is 19.1 Å². The number of carboxylic acid groups (broad SMARTS) is 1. The van der Waals surface area contributed by atoms with E-state index in [0.717, 1.165) is 41.9 Å². The minimum absolute atomic E-state index is 0.256. The van der Waals surface area contributed by atoms with E-state index in [2.05, 4.69) is 19.1 Å². The Morgan fingerprint density at radius 1 is 1.25 bits per heavy atom. The molecule has 20 heavy (non-hydrogen) atoms. The molecule has 7 unspecified atom stereocenters. The van der Waals surface area contributed by atoms with Crippen molar-refractivity contribution in [3.63, 3.8) is 0 Å². The fourth-order valence-electron chi connectivity index (χ4n) is 6.78. The summed E-state index contributed by atoms with van der Waals surface area (Å²) >= 11 is 0. The van der Waals surface area contributed by atoms with Crippen LogP contribution in [0.25, 0.3) is 0 Å². The number of hydrogen-bond acceptors (Lipinski definition) is 1. The Hall–Kier alpha value is -0.790. The normalized spacial score (nSPS) is 51.8. The van der Waals surface area contributed by atoms with Crippen LogP contribution in [0.4, 0.5) is 0 Å². The van der Waals surface area contributed by atoms with Gasteiger partial charge < -0.3 is 5.11 Å². The molecule has 3 saturated carbocycles. The van der Waals surface area contributed by atoms with E-state index in [1.165, 1.54) is 19.3 Å². The maximum atomic E-state index is 11.5. The molecule has 0 spiro atoms. The van der Waals surface area contributed by atoms with Gasteiger partial charge in [0.2, 0.25) is 0 Å². The first kappa shape index (κ1) is 12.9. The number of aliphatic carboxylic acids is 1. The second-order valence-corrected chi connectivity index (χ2v) is 8.93. The van der Waals surface area contributed by atoms with Gasteiger partial charge in [-0.3, -0.25) is 4.79 Å². The highest BCUT2D eigenvalue weighted by molar-refractivity contribution is 5.73. The van der Waals surface area contributed by atoms with Crippen molar-refractivity contribution in [3.8, 4) is 0 Å². The molecule has 2 nitrogen and oxygen atoms in total. The molecule has 7 atom stereocenters. The van der Waals surface area contributed by atoms with Gasteiger partial charge in [-0.15, -0.1) is 0 Å². The molecule has 4 aliphatic rings. The summed E-state index contributed by atoms with van der Waals surface area (Å²) in [6, 6.07) is 0. The van der Waals surface area contributed by atoms with Gasteiger partial charge in [-0.05, 0) is 80.5 Å². The van der Waals surface area contributed by atoms with Crippen molar-refractivity contribution in [2.75, 3.05) is 0 Å². The van der Waals surface area contributed by atoms with Crippen LogP contribution in [0.15, 0.2) is 12.2 Å². The van der Waals surface area contributed by atoms with Gasteiger partial charge in [0.1, 0.15) is 0 Å². The van der Waals surface area contributed by atoms with Gasteiger partial charge in [-0.25, -0.2) is 0 Å². The molecule has 0 aliphatic heterocycles. The molecule has 0 aromatic carbocycles. The predicted octanol–water partition coefficient (Wildman–Crippen LogP) is 3.97. The molecule has 1 N–H and O–H groups in total. The first-order chi connectivity index (χ1) is 9.32. The molecule has 4 aliphatic carbocycles. The lowest BCUT2D eigenvalue weighted by Gasteiger charge is -2.46. The summed E-state index contributed by atoms with van der Waals surface area (Å²) in [5, 5.41) is 9.47.